The molecule has 0 atom stereocenters. The molecule has 0 bridgehead atoms. The molecule has 0 amide bonds. The number of nitrogens with two attached hydrogens (primary N) is 1. The fraction of sp³-hybridized carbons (Fsp3) is 1.00. The molecule has 2 rings (SSSR count). The van der Waals surface area contributed by atoms with E-state index in [-0.39, 0.29) is 0 Å². The highest BCUT2D eigenvalue weighted by atomic mass is 32.2. The fourth-order valence-corrected chi connectivity index (χ4v) is 3.42. The van der Waals surface area contributed by atoms with E-state index < -0.39 is 10.2 Å². The van der Waals surface area contributed by atoms with Crippen LogP contribution in [0, 0.1) is 11.3 Å². The van der Waals surface area contributed by atoms with E-state index in [1.807, 2.05) is 0 Å². The third kappa shape index (κ3) is 3.19. The van der Waals surface area contributed by atoms with Crippen LogP contribution in [0.4, 0.5) is 0 Å². The largest absolute Gasteiger partial charge is 0.330 e. The first kappa shape index (κ1) is 13.3. The number of hydrogen-bond donors (Lipinski definition) is 2. The smallest absolute Gasteiger partial charge is 0.279 e. The van der Waals surface area contributed by atoms with Crippen LogP contribution >= 0.6 is 0 Å². The summed E-state index contributed by atoms with van der Waals surface area (Å²) in [4.78, 5) is 0. The van der Waals surface area contributed by atoms with Gasteiger partial charge < -0.3 is 5.73 Å². The van der Waals surface area contributed by atoms with E-state index in [2.05, 4.69) is 4.72 Å². The Balaban J connectivity index is 1.80. The highest BCUT2D eigenvalue weighted by molar-refractivity contribution is 7.87. The summed E-state index contributed by atoms with van der Waals surface area (Å²) in [6.07, 6.45) is 5.64. The van der Waals surface area contributed by atoms with Crippen molar-refractivity contribution in [3.05, 3.63) is 0 Å². The van der Waals surface area contributed by atoms with Gasteiger partial charge in [0.1, 0.15) is 0 Å². The third-order valence-corrected chi connectivity index (χ3v) is 5.54. The lowest BCUT2D eigenvalue weighted by Crippen LogP contribution is -2.41. The first-order valence-electron chi connectivity index (χ1n) is 6.41. The van der Waals surface area contributed by atoms with Gasteiger partial charge in [0, 0.05) is 20.1 Å². The maximum absolute atomic E-state index is 11.9. The Kier molecular flexibility index (Phi) is 3.77. The number of rotatable bonds is 8. The highest BCUT2D eigenvalue weighted by Gasteiger charge is 2.53. The molecule has 0 saturated heterocycles. The van der Waals surface area contributed by atoms with Gasteiger partial charge in [-0.3, -0.25) is 0 Å². The second-order valence-corrected chi connectivity index (χ2v) is 7.29. The van der Waals surface area contributed by atoms with Crippen LogP contribution in [0.2, 0.25) is 0 Å². The van der Waals surface area contributed by atoms with Gasteiger partial charge in [0.05, 0.1) is 0 Å². The Morgan fingerprint density at radius 1 is 1.41 bits per heavy atom. The molecule has 0 spiro atoms. The van der Waals surface area contributed by atoms with E-state index in [4.69, 9.17) is 5.73 Å². The highest BCUT2D eigenvalue weighted by Crippen LogP contribution is 2.60. The van der Waals surface area contributed by atoms with Crippen molar-refractivity contribution in [3.63, 3.8) is 0 Å². The summed E-state index contributed by atoms with van der Waals surface area (Å²) < 4.78 is 28.0. The second-order valence-electron chi connectivity index (χ2n) is 5.43. The molecule has 0 aliphatic heterocycles. The van der Waals surface area contributed by atoms with Crippen molar-refractivity contribution < 1.29 is 8.42 Å². The third-order valence-electron chi connectivity index (χ3n) is 4.03. The van der Waals surface area contributed by atoms with Crippen molar-refractivity contribution in [2.24, 2.45) is 17.1 Å². The van der Waals surface area contributed by atoms with Gasteiger partial charge in [-0.25, -0.2) is 4.72 Å². The van der Waals surface area contributed by atoms with Crippen molar-refractivity contribution in [2.75, 3.05) is 26.7 Å². The molecule has 2 aliphatic rings. The van der Waals surface area contributed by atoms with Crippen LogP contribution in [-0.2, 0) is 10.2 Å². The maximum Gasteiger partial charge on any atom is 0.279 e. The van der Waals surface area contributed by atoms with E-state index in [1.165, 1.54) is 30.0 Å². The van der Waals surface area contributed by atoms with Gasteiger partial charge in [0.15, 0.2) is 0 Å². The minimum atomic E-state index is -3.30. The summed E-state index contributed by atoms with van der Waals surface area (Å²) in [5.41, 5.74) is 5.69. The van der Waals surface area contributed by atoms with E-state index in [9.17, 15) is 8.42 Å². The molecule has 6 heteroatoms. The SMILES string of the molecule is CN(CCCN)S(=O)(=O)NCC1(C2CC2)CC1. The molecule has 3 N–H and O–H groups in total. The molecule has 0 radical (unpaired) electrons. The van der Waals surface area contributed by atoms with Crippen molar-refractivity contribution in [2.45, 2.75) is 32.1 Å². The van der Waals surface area contributed by atoms with Crippen LogP contribution in [0.25, 0.3) is 0 Å². The lowest BCUT2D eigenvalue weighted by Gasteiger charge is -2.20. The van der Waals surface area contributed by atoms with E-state index in [1.54, 1.807) is 7.05 Å². The topological polar surface area (TPSA) is 75.4 Å². The average Bonchev–Trinajstić information content (AvgIpc) is 3.15. The number of nitrogens with one attached hydrogen (secondary N) is 1. The summed E-state index contributed by atoms with van der Waals surface area (Å²) in [6.45, 7) is 1.63. The van der Waals surface area contributed by atoms with Crippen molar-refractivity contribution in [3.8, 4) is 0 Å². The molecule has 2 saturated carbocycles. The molecule has 0 heterocycles. The molecule has 2 aliphatic carbocycles. The quantitative estimate of drug-likeness (QED) is 0.659. The first-order valence-corrected chi connectivity index (χ1v) is 7.85. The van der Waals surface area contributed by atoms with Gasteiger partial charge in [-0.15, -0.1) is 0 Å². The zero-order valence-electron chi connectivity index (χ0n) is 10.5. The van der Waals surface area contributed by atoms with Crippen LogP contribution in [-0.4, -0.2) is 39.4 Å². The number of nitrogens with zero attached hydrogens (tertiary/aromatic N) is 1. The molecule has 17 heavy (non-hydrogen) atoms. The Labute approximate surface area is 104 Å². The van der Waals surface area contributed by atoms with Crippen LogP contribution < -0.4 is 10.5 Å². The maximum atomic E-state index is 11.9. The fourth-order valence-electron chi connectivity index (χ4n) is 2.36. The lowest BCUT2D eigenvalue weighted by atomic mass is 10.0. The van der Waals surface area contributed by atoms with Crippen LogP contribution in [0.15, 0.2) is 0 Å². The van der Waals surface area contributed by atoms with Crippen LogP contribution in [0.3, 0.4) is 0 Å². The van der Waals surface area contributed by atoms with Gasteiger partial charge in [0.25, 0.3) is 10.2 Å². The molecule has 0 aromatic carbocycles. The van der Waals surface area contributed by atoms with Crippen molar-refractivity contribution in [1.82, 2.24) is 9.03 Å². The molecular formula is C11H23N3O2S. The molecule has 100 valence electrons. The van der Waals surface area contributed by atoms with Gasteiger partial charge in [-0.05, 0) is 50.0 Å². The summed E-state index contributed by atoms with van der Waals surface area (Å²) in [5.74, 6) is 0.777. The standard InChI is InChI=1S/C11H23N3O2S/c1-14(8-2-7-12)17(15,16)13-9-11(5-6-11)10-3-4-10/h10,13H,2-9,12H2,1H3. The molecule has 0 unspecified atom stereocenters. The van der Waals surface area contributed by atoms with E-state index >= 15 is 0 Å². The summed E-state index contributed by atoms with van der Waals surface area (Å²) in [6, 6.07) is 0. The Bertz CT molecular complexity index is 361. The average molecular weight is 261 g/mol. The van der Waals surface area contributed by atoms with Gasteiger partial charge >= 0.3 is 0 Å². The molecule has 5 nitrogen and oxygen atoms in total. The molecule has 0 aromatic heterocycles. The number of hydrogen-bond acceptors (Lipinski definition) is 3. The minimum Gasteiger partial charge on any atom is -0.330 e. The normalized spacial score (nSPS) is 23.0. The van der Waals surface area contributed by atoms with Gasteiger partial charge in [0.2, 0.25) is 0 Å². The summed E-state index contributed by atoms with van der Waals surface area (Å²) in [7, 11) is -1.70. The minimum absolute atomic E-state index is 0.307. The molecular weight excluding hydrogens is 238 g/mol. The van der Waals surface area contributed by atoms with E-state index in [0.717, 1.165) is 5.92 Å². The Morgan fingerprint density at radius 2 is 2.06 bits per heavy atom. The predicted octanol–water partition coefficient (Wildman–Crippen LogP) is 0.292. The van der Waals surface area contributed by atoms with Gasteiger partial charge in [-0.2, -0.15) is 12.7 Å². The zero-order valence-corrected chi connectivity index (χ0v) is 11.3. The summed E-state index contributed by atoms with van der Waals surface area (Å²) >= 11 is 0. The first-order chi connectivity index (χ1) is 8.00. The van der Waals surface area contributed by atoms with Crippen LogP contribution in [0.5, 0.6) is 0 Å². The lowest BCUT2D eigenvalue weighted by molar-refractivity contribution is 0.409. The van der Waals surface area contributed by atoms with Crippen molar-refractivity contribution in [1.29, 1.82) is 0 Å². The van der Waals surface area contributed by atoms with E-state index in [0.29, 0.717) is 31.5 Å². The summed E-state index contributed by atoms with van der Waals surface area (Å²) in [5, 5.41) is 0. The monoisotopic (exact) mass is 261 g/mol. The predicted molar refractivity (Wildman–Crippen MR) is 67.6 cm³/mol. The Hall–Kier alpha value is -0.170. The second kappa shape index (κ2) is 4.84. The van der Waals surface area contributed by atoms with Gasteiger partial charge in [-0.1, -0.05) is 0 Å². The van der Waals surface area contributed by atoms with Crippen LogP contribution in [0.1, 0.15) is 32.1 Å². The van der Waals surface area contributed by atoms with Crippen molar-refractivity contribution >= 4 is 10.2 Å². The Morgan fingerprint density at radius 3 is 2.53 bits per heavy atom. The molecule has 2 fully saturated rings. The molecule has 0 aromatic rings. The zero-order chi connectivity index (χ0) is 12.5.